The van der Waals surface area contributed by atoms with Gasteiger partial charge in [0.25, 0.3) is 0 Å². The first-order chi connectivity index (χ1) is 55.0. The van der Waals surface area contributed by atoms with Gasteiger partial charge in [0.1, 0.15) is 121 Å². The van der Waals surface area contributed by atoms with E-state index in [4.69, 9.17) is 71.6 Å². The van der Waals surface area contributed by atoms with E-state index >= 15 is 24.0 Å². The highest BCUT2D eigenvalue weighted by Crippen LogP contribution is 2.50. The number of carbonyl (C=O) groups excluding carboxylic acids is 10. The highest BCUT2D eigenvalue weighted by molar-refractivity contribution is 6.32. The summed E-state index contributed by atoms with van der Waals surface area (Å²) < 4.78 is 54.6. The van der Waals surface area contributed by atoms with E-state index in [0.717, 1.165) is 83.8 Å². The van der Waals surface area contributed by atoms with Crippen LogP contribution in [0.15, 0.2) is 117 Å². The number of aromatic hydroxyl groups is 3. The summed E-state index contributed by atoms with van der Waals surface area (Å²) in [5.41, 5.74) is 1.27. The number of carbonyl (C=O) groups is 10. The number of phenols is 3. The quantitative estimate of drug-likeness (QED) is 0.0302. The molecule has 18 N–H and O–H groups in total. The normalized spacial score (nSPS) is 26.8. The van der Waals surface area contributed by atoms with Crippen molar-refractivity contribution in [2.75, 3.05) is 33.5 Å². The van der Waals surface area contributed by atoms with Crippen LogP contribution < -0.4 is 57.2 Å². The van der Waals surface area contributed by atoms with Crippen LogP contribution in [0.4, 0.5) is 9.59 Å². The van der Waals surface area contributed by atoms with Gasteiger partial charge in [0, 0.05) is 36.2 Å². The lowest BCUT2D eigenvalue weighted by atomic mass is 9.85. The maximum Gasteiger partial charge on any atom is 0.410 e. The molecule has 0 aliphatic carbocycles. The van der Waals surface area contributed by atoms with Crippen molar-refractivity contribution in [1.82, 2.24) is 42.1 Å². The standard InChI is InChI=1S/C77H87Cl2N9O28/c1-9-18-108-73(105)57-40-27-38(90)28-46(92)54(40)39-22-34(12-15-45(39)91)55-69(101)86-59(72(104)84-57)61(95)36-14-17-48(42(79)24-36)113-50-26-37-25-49(64(50)116-74-65(63(97)62(96)51(31-89)114-74)115-53-30-77(7,66(98)33(6)111-53)87-75(106)109-19-10-2)112-47-16-13-35(23-41(47)78)60(94)58(85-68(100)44(21-32(4)5)88(8)76(107)110-20-11-3)71(103)81-43(29-52(80)93)67(99)82-56(37)70(102)83-55/h9-17,22-28,32-33,43-44,51,53,55-63,65-66,74,89-92,94-98H,1-3,18-21,29-31H2,4-8H3,(H2,80,93)(H,81,103)(H,82,99)(H,83,102)(H,84,104)(H,85,100)(H,86,101)(H,87,106)/t33?,43-,44+,51?,53?,55?,56+,57-,58+,59-,60+,61+,62?,63?,65?,66?,74?,77?/m0/s1. The van der Waals surface area contributed by atoms with Crippen molar-refractivity contribution in [3.05, 3.63) is 155 Å². The van der Waals surface area contributed by atoms with Gasteiger partial charge < -0.3 is 132 Å². The number of ether oxygens (including phenoxy) is 9. The van der Waals surface area contributed by atoms with Crippen molar-refractivity contribution >= 4 is 82.7 Å². The zero-order valence-corrected chi connectivity index (χ0v) is 64.3. The molecule has 0 saturated carbocycles. The Kier molecular flexibility index (Phi) is 27.8. The van der Waals surface area contributed by atoms with Gasteiger partial charge in [-0.05, 0) is 103 Å². The van der Waals surface area contributed by atoms with Gasteiger partial charge in [0.15, 0.2) is 29.9 Å². The predicted molar refractivity (Wildman–Crippen MR) is 404 cm³/mol. The number of nitrogens with one attached hydrogen (secondary N) is 7. The van der Waals surface area contributed by atoms with Gasteiger partial charge in [-0.3, -0.25) is 38.5 Å². The molecule has 7 aliphatic heterocycles. The molecule has 7 heterocycles. The van der Waals surface area contributed by atoms with E-state index < -0.39 is 273 Å². The Hall–Kier alpha value is -11.4. The number of hydrogen-bond donors (Lipinski definition) is 17. The van der Waals surface area contributed by atoms with E-state index in [9.17, 15) is 69.9 Å². The summed E-state index contributed by atoms with van der Waals surface area (Å²) in [4.78, 5) is 148. The smallest absolute Gasteiger partial charge is 0.410 e. The predicted octanol–water partition coefficient (Wildman–Crippen LogP) is 2.74. The number of alkyl carbamates (subject to hydrolysis) is 1. The average Bonchev–Trinajstić information content (AvgIpc) is 0.764. The van der Waals surface area contributed by atoms with E-state index in [1.165, 1.54) is 39.1 Å². The lowest BCUT2D eigenvalue weighted by molar-refractivity contribution is -0.334. The number of amides is 9. The molecule has 0 aromatic heterocycles. The molecule has 11 bridgehead atoms. The molecular weight excluding hydrogens is 1570 g/mol. The van der Waals surface area contributed by atoms with Crippen LogP contribution in [0.5, 0.6) is 46.0 Å². The Labute approximate surface area is 671 Å². The third kappa shape index (κ3) is 19.4. The molecule has 2 fully saturated rings. The van der Waals surface area contributed by atoms with Crippen molar-refractivity contribution in [2.45, 2.75) is 156 Å². The van der Waals surface area contributed by atoms with E-state index in [0.29, 0.717) is 0 Å². The van der Waals surface area contributed by atoms with Crippen LogP contribution >= 0.6 is 23.2 Å². The summed E-state index contributed by atoms with van der Waals surface area (Å²) in [5, 5.41) is 122. The Morgan fingerprint density at radius 1 is 0.690 bits per heavy atom. The molecule has 10 unspecified atom stereocenters. The second kappa shape index (κ2) is 37.1. The first-order valence-corrected chi connectivity index (χ1v) is 36.8. The van der Waals surface area contributed by atoms with Crippen molar-refractivity contribution in [2.24, 2.45) is 11.7 Å². The summed E-state index contributed by atoms with van der Waals surface area (Å²) in [7, 11) is 1.22. The van der Waals surface area contributed by atoms with E-state index in [2.05, 4.69) is 57.0 Å². The summed E-state index contributed by atoms with van der Waals surface area (Å²) in [6.45, 7) is 14.8. The highest BCUT2D eigenvalue weighted by atomic mass is 35.5. The van der Waals surface area contributed by atoms with Gasteiger partial charge in [-0.1, -0.05) is 93.2 Å². The van der Waals surface area contributed by atoms with Gasteiger partial charge in [0.2, 0.25) is 53.4 Å². The zero-order chi connectivity index (χ0) is 84.6. The number of esters is 1. The molecule has 622 valence electrons. The summed E-state index contributed by atoms with van der Waals surface area (Å²) in [6, 6.07) is -1.61. The third-order valence-corrected chi connectivity index (χ3v) is 20.1. The lowest BCUT2D eigenvalue weighted by Crippen LogP contribution is -2.66. The van der Waals surface area contributed by atoms with E-state index in [1.54, 1.807) is 13.8 Å². The molecule has 0 spiro atoms. The van der Waals surface area contributed by atoms with E-state index in [1.807, 2.05) is 0 Å². The summed E-state index contributed by atoms with van der Waals surface area (Å²) in [5.74, 6) is -16.5. The zero-order valence-electron chi connectivity index (χ0n) is 62.8. The molecule has 37 nitrogen and oxygen atoms in total. The van der Waals surface area contributed by atoms with Crippen molar-refractivity contribution in [1.29, 1.82) is 0 Å². The van der Waals surface area contributed by atoms with Crippen LogP contribution in [0.1, 0.15) is 105 Å². The molecule has 18 atom stereocenters. The number of nitrogens with zero attached hydrogens (tertiary/aromatic N) is 1. The monoisotopic (exact) mass is 1660 g/mol. The van der Waals surface area contributed by atoms with Gasteiger partial charge in [-0.2, -0.15) is 0 Å². The number of halogens is 2. The molecule has 116 heavy (non-hydrogen) atoms. The fraction of sp³-hybridized carbons (Fsp3) is 0.403. The van der Waals surface area contributed by atoms with Crippen molar-refractivity contribution in [3.63, 3.8) is 0 Å². The minimum atomic E-state index is -2.43. The first-order valence-electron chi connectivity index (χ1n) is 36.1. The van der Waals surface area contributed by atoms with Crippen LogP contribution in [0.3, 0.4) is 0 Å². The van der Waals surface area contributed by atoms with Gasteiger partial charge >= 0.3 is 18.2 Å². The number of hydrogen-bond acceptors (Lipinski definition) is 28. The lowest BCUT2D eigenvalue weighted by Gasteiger charge is -2.48. The number of likely N-dealkylation sites (N-methyl/N-ethyl adjacent to an activating group) is 1. The minimum Gasteiger partial charge on any atom is -0.508 e. The van der Waals surface area contributed by atoms with E-state index in [-0.39, 0.29) is 42.2 Å². The topological polar surface area (TPSA) is 549 Å². The maximum atomic E-state index is 16.3. The average molecular weight is 1660 g/mol. The first kappa shape index (κ1) is 87.0. The molecule has 9 amide bonds. The van der Waals surface area contributed by atoms with Gasteiger partial charge in [0.05, 0.1) is 34.7 Å². The number of rotatable bonds is 20. The number of phenolic OH excluding ortho intramolecular Hbond substituents is 3. The number of benzene rings is 5. The molecular formula is C77H87Cl2N9O28. The molecule has 2 saturated heterocycles. The molecule has 0 radical (unpaired) electrons. The van der Waals surface area contributed by atoms with Crippen LogP contribution in [0.25, 0.3) is 11.1 Å². The number of primary amides is 1. The Morgan fingerprint density at radius 3 is 1.90 bits per heavy atom. The third-order valence-electron chi connectivity index (χ3n) is 19.5. The van der Waals surface area contributed by atoms with Gasteiger partial charge in [-0.25, -0.2) is 14.4 Å². The van der Waals surface area contributed by atoms with Crippen molar-refractivity contribution in [3.8, 4) is 57.1 Å². The SMILES string of the molecule is C=CCOC(=O)NC1(C)CC(OC2C(Oc3c4cc5cc3Oc3ccc(cc3Cl)[C@@H](O)[C@@H](NC(=O)[C@@H](CC(C)C)N(C)C(=O)OCC=C)C(=O)N[C@@H](CC(N)=O)C(=O)N[C@H]5C(=O)NC3C(=O)N[C@H](C(=O)N[C@H](C(=O)OCC=C)c5cc(O)cc(O)c5-c5cc3ccc5O)[C@H](O)c3ccc(c(Cl)c3)O4)OC(CO)C(O)C2O)OC(C)C1O. The Morgan fingerprint density at radius 2 is 1.28 bits per heavy atom. The Bertz CT molecular complexity index is 4650. The number of aliphatic hydroxyl groups is 6. The minimum absolute atomic E-state index is 0.0912. The fourth-order valence-electron chi connectivity index (χ4n) is 13.6. The molecule has 5 aromatic carbocycles. The Balaban J connectivity index is 1.23. The highest BCUT2D eigenvalue weighted by Gasteiger charge is 2.53. The van der Waals surface area contributed by atoms with Crippen LogP contribution in [-0.2, 0) is 66.8 Å². The maximum absolute atomic E-state index is 16.3. The summed E-state index contributed by atoms with van der Waals surface area (Å²) in [6.07, 6.45) is -18.8. The van der Waals surface area contributed by atoms with Crippen LogP contribution in [0.2, 0.25) is 10.0 Å². The number of fused-ring (bicyclic) bond motifs is 15. The second-order valence-electron chi connectivity index (χ2n) is 28.4. The fourth-order valence-corrected chi connectivity index (χ4v) is 14.1. The van der Waals surface area contributed by atoms with Crippen LogP contribution in [0, 0.1) is 5.92 Å². The summed E-state index contributed by atoms with van der Waals surface area (Å²) >= 11 is 14.3. The molecule has 7 aliphatic rings. The second-order valence-corrected chi connectivity index (χ2v) is 29.2. The largest absolute Gasteiger partial charge is 0.508 e. The number of nitrogens with two attached hydrogens (primary N) is 1. The molecule has 5 aromatic rings. The molecule has 12 rings (SSSR count). The van der Waals surface area contributed by atoms with Crippen molar-refractivity contribution < 1.29 is 137 Å². The molecule has 39 heteroatoms. The number of aliphatic hydroxyl groups excluding tert-OH is 6. The van der Waals surface area contributed by atoms with Crippen LogP contribution in [-0.4, -0.2) is 223 Å². The van der Waals surface area contributed by atoms with Gasteiger partial charge in [-0.15, -0.1) is 0 Å².